The van der Waals surface area contributed by atoms with Gasteiger partial charge < -0.3 is 0 Å². The van der Waals surface area contributed by atoms with Crippen LogP contribution in [0.15, 0.2) is 40.0 Å². The second-order valence-corrected chi connectivity index (χ2v) is 7.33. The molecule has 1 aromatic heterocycles. The largest absolute Gasteiger partial charge is 0.268 e. The molecule has 1 N–H and O–H groups in total. The zero-order valence-corrected chi connectivity index (χ0v) is 13.4. The van der Waals surface area contributed by atoms with Crippen LogP contribution in [-0.2, 0) is 16.6 Å². The summed E-state index contributed by atoms with van der Waals surface area (Å²) in [7, 11) is -4.00. The smallest absolute Gasteiger partial charge is 0.266 e. The van der Waals surface area contributed by atoms with Crippen molar-refractivity contribution < 1.29 is 17.2 Å². The summed E-state index contributed by atoms with van der Waals surface area (Å²) in [6.07, 6.45) is 2.07. The van der Waals surface area contributed by atoms with E-state index in [0.29, 0.717) is 12.0 Å². The van der Waals surface area contributed by atoms with Crippen molar-refractivity contribution in [1.82, 2.24) is 14.5 Å². The van der Waals surface area contributed by atoms with Gasteiger partial charge in [0.25, 0.3) is 5.56 Å². The summed E-state index contributed by atoms with van der Waals surface area (Å²) in [5, 5.41) is 4.21. The van der Waals surface area contributed by atoms with E-state index in [1.165, 1.54) is 10.7 Å². The molecule has 6 nitrogen and oxygen atoms in total. The highest BCUT2D eigenvalue weighted by Crippen LogP contribution is 2.38. The summed E-state index contributed by atoms with van der Waals surface area (Å²) in [4.78, 5) is 11.4. The molecular weight excluding hydrogens is 340 g/mol. The minimum Gasteiger partial charge on any atom is -0.268 e. The lowest BCUT2D eigenvalue weighted by molar-refractivity contribution is 0.503. The van der Waals surface area contributed by atoms with Gasteiger partial charge in [0.1, 0.15) is 0 Å². The van der Waals surface area contributed by atoms with Gasteiger partial charge in [0.15, 0.2) is 11.6 Å². The molecule has 1 aliphatic carbocycles. The van der Waals surface area contributed by atoms with Crippen LogP contribution in [-0.4, -0.2) is 24.7 Å². The van der Waals surface area contributed by atoms with Crippen LogP contribution in [0, 0.1) is 11.6 Å². The Hall–Kier alpha value is -2.13. The first-order chi connectivity index (χ1) is 11.4. The van der Waals surface area contributed by atoms with E-state index in [4.69, 9.17) is 0 Å². The van der Waals surface area contributed by atoms with Crippen molar-refractivity contribution in [3.05, 3.63) is 58.0 Å². The third-order valence-electron chi connectivity index (χ3n) is 3.70. The van der Waals surface area contributed by atoms with Crippen LogP contribution in [0.4, 0.5) is 8.78 Å². The van der Waals surface area contributed by atoms with Crippen molar-refractivity contribution in [1.29, 1.82) is 0 Å². The van der Waals surface area contributed by atoms with E-state index in [9.17, 15) is 22.0 Å². The lowest BCUT2D eigenvalue weighted by Crippen LogP contribution is -2.32. The van der Waals surface area contributed by atoms with Gasteiger partial charge in [-0.05, 0) is 37.1 Å². The first-order valence-corrected chi connectivity index (χ1v) is 8.88. The molecule has 1 aromatic carbocycles. The fourth-order valence-electron chi connectivity index (χ4n) is 2.23. The topological polar surface area (TPSA) is 81.1 Å². The summed E-state index contributed by atoms with van der Waals surface area (Å²) in [5.41, 5.74) is 0.490. The molecule has 0 bridgehead atoms. The highest BCUT2D eigenvalue weighted by Gasteiger charge is 2.25. The summed E-state index contributed by atoms with van der Waals surface area (Å²) in [5.74, 6) is -2.00. The molecule has 0 saturated heterocycles. The Bertz CT molecular complexity index is 924. The Kier molecular flexibility index (Phi) is 4.46. The minimum atomic E-state index is -4.00. The van der Waals surface area contributed by atoms with Gasteiger partial charge in [-0.25, -0.2) is 26.6 Å². The van der Waals surface area contributed by atoms with Crippen molar-refractivity contribution >= 4 is 10.0 Å². The number of nitrogens with one attached hydrogen (secondary N) is 1. The van der Waals surface area contributed by atoms with Crippen molar-refractivity contribution in [2.75, 3.05) is 6.54 Å². The molecule has 0 radical (unpaired) electrons. The van der Waals surface area contributed by atoms with Crippen LogP contribution in [0.25, 0.3) is 0 Å². The average molecular weight is 355 g/mol. The van der Waals surface area contributed by atoms with Crippen LogP contribution in [0.2, 0.25) is 0 Å². The van der Waals surface area contributed by atoms with Gasteiger partial charge in [-0.3, -0.25) is 4.79 Å². The van der Waals surface area contributed by atoms with Crippen LogP contribution in [0.1, 0.15) is 24.5 Å². The number of nitrogens with zero attached hydrogens (tertiary/aromatic N) is 2. The molecule has 0 unspecified atom stereocenters. The Balaban J connectivity index is 1.68. The Morgan fingerprint density at radius 1 is 1.17 bits per heavy atom. The number of rotatable bonds is 6. The summed E-state index contributed by atoms with van der Waals surface area (Å²) in [6, 6.07) is 5.41. The highest BCUT2D eigenvalue weighted by atomic mass is 32.2. The molecule has 2 aromatic rings. The zero-order chi connectivity index (χ0) is 17.3. The summed E-state index contributed by atoms with van der Waals surface area (Å²) < 4.78 is 53.6. The number of benzene rings is 1. The number of hydrogen-bond donors (Lipinski definition) is 1. The van der Waals surface area contributed by atoms with Gasteiger partial charge in [0.2, 0.25) is 10.0 Å². The standard InChI is InChI=1S/C15H15F2N3O3S/c16-12-4-3-11(9-13(12)17)24(22,23)18-7-8-20-15(21)6-5-14(19-20)10-1-2-10/h3-6,9-10,18H,1-2,7-8H2. The fourth-order valence-corrected chi connectivity index (χ4v) is 3.27. The number of halogens is 2. The Morgan fingerprint density at radius 2 is 1.92 bits per heavy atom. The zero-order valence-electron chi connectivity index (χ0n) is 12.6. The van der Waals surface area contributed by atoms with Crippen LogP contribution < -0.4 is 10.3 Å². The van der Waals surface area contributed by atoms with E-state index in [0.717, 1.165) is 30.7 Å². The number of aromatic nitrogens is 2. The molecule has 128 valence electrons. The second kappa shape index (κ2) is 6.40. The van der Waals surface area contributed by atoms with Crippen LogP contribution in [0.3, 0.4) is 0 Å². The maximum Gasteiger partial charge on any atom is 0.266 e. The van der Waals surface area contributed by atoms with E-state index < -0.39 is 21.7 Å². The fraction of sp³-hybridized carbons (Fsp3) is 0.333. The van der Waals surface area contributed by atoms with E-state index in [-0.39, 0.29) is 23.5 Å². The number of sulfonamides is 1. The van der Waals surface area contributed by atoms with Crippen LogP contribution >= 0.6 is 0 Å². The average Bonchev–Trinajstić information content (AvgIpc) is 3.36. The van der Waals surface area contributed by atoms with E-state index in [2.05, 4.69) is 9.82 Å². The Labute approximate surface area is 137 Å². The molecule has 24 heavy (non-hydrogen) atoms. The molecule has 0 amide bonds. The molecule has 3 rings (SSSR count). The molecule has 1 heterocycles. The summed E-state index contributed by atoms with van der Waals surface area (Å²) >= 11 is 0. The molecule has 9 heteroatoms. The molecular formula is C15H15F2N3O3S. The van der Waals surface area contributed by atoms with Gasteiger partial charge in [-0.1, -0.05) is 0 Å². The second-order valence-electron chi connectivity index (χ2n) is 5.57. The molecule has 0 atom stereocenters. The van der Waals surface area contributed by atoms with Crippen molar-refractivity contribution in [2.45, 2.75) is 30.2 Å². The molecule has 1 aliphatic rings. The molecule has 1 fully saturated rings. The SMILES string of the molecule is O=c1ccc(C2CC2)nn1CCNS(=O)(=O)c1ccc(F)c(F)c1. The highest BCUT2D eigenvalue weighted by molar-refractivity contribution is 7.89. The first kappa shape index (κ1) is 16.7. The molecule has 0 aliphatic heterocycles. The van der Waals surface area contributed by atoms with Crippen molar-refractivity contribution in [3.63, 3.8) is 0 Å². The lowest BCUT2D eigenvalue weighted by Gasteiger charge is -2.09. The maximum absolute atomic E-state index is 13.2. The van der Waals surface area contributed by atoms with Crippen LogP contribution in [0.5, 0.6) is 0 Å². The van der Waals surface area contributed by atoms with Crippen molar-refractivity contribution in [2.24, 2.45) is 0 Å². The lowest BCUT2D eigenvalue weighted by atomic mass is 10.3. The van der Waals surface area contributed by atoms with E-state index in [1.54, 1.807) is 6.07 Å². The molecule has 0 spiro atoms. The van der Waals surface area contributed by atoms with Gasteiger partial charge >= 0.3 is 0 Å². The quantitative estimate of drug-likeness (QED) is 0.849. The minimum absolute atomic E-state index is 0.0439. The van der Waals surface area contributed by atoms with Gasteiger partial charge in [-0.2, -0.15) is 5.10 Å². The predicted octanol–water partition coefficient (Wildman–Crippen LogP) is 1.38. The van der Waals surface area contributed by atoms with E-state index >= 15 is 0 Å². The van der Waals surface area contributed by atoms with Gasteiger partial charge in [0, 0.05) is 18.5 Å². The third-order valence-corrected chi connectivity index (χ3v) is 5.16. The van der Waals surface area contributed by atoms with E-state index in [1.807, 2.05) is 0 Å². The van der Waals surface area contributed by atoms with Gasteiger partial charge in [0.05, 0.1) is 17.1 Å². The summed E-state index contributed by atoms with van der Waals surface area (Å²) in [6.45, 7) is -0.0509. The van der Waals surface area contributed by atoms with Crippen molar-refractivity contribution in [3.8, 4) is 0 Å². The van der Waals surface area contributed by atoms with Gasteiger partial charge in [-0.15, -0.1) is 0 Å². The number of hydrogen-bond acceptors (Lipinski definition) is 4. The first-order valence-electron chi connectivity index (χ1n) is 7.39. The predicted molar refractivity (Wildman–Crippen MR) is 82.0 cm³/mol. The molecule has 1 saturated carbocycles. The maximum atomic E-state index is 13.2. The third kappa shape index (κ3) is 3.68. The monoisotopic (exact) mass is 355 g/mol. The Morgan fingerprint density at radius 3 is 2.58 bits per heavy atom. The normalized spacial score (nSPS) is 14.8.